The molecule has 4 rings (SSSR count). The number of rotatable bonds is 7. The molecule has 4 aromatic rings. The minimum absolute atomic E-state index is 0.00851. The van der Waals surface area contributed by atoms with Gasteiger partial charge in [0.05, 0.1) is 5.75 Å². The summed E-state index contributed by atoms with van der Waals surface area (Å²) in [6.07, 6.45) is 3.20. The molecule has 0 spiro atoms. The topological polar surface area (TPSA) is 79.0 Å². The molecule has 0 saturated heterocycles. The second-order valence-electron chi connectivity index (χ2n) is 7.73. The highest BCUT2D eigenvalue weighted by Crippen LogP contribution is 2.30. The number of amides is 1. The van der Waals surface area contributed by atoms with Crippen LogP contribution in [-0.4, -0.2) is 32.1 Å². The Morgan fingerprint density at radius 1 is 0.935 bits per heavy atom. The summed E-state index contributed by atoms with van der Waals surface area (Å²) in [5, 5.41) is 4.18. The van der Waals surface area contributed by atoms with Crippen LogP contribution in [0.5, 0.6) is 0 Å². The number of sulfone groups is 1. The van der Waals surface area contributed by atoms with Gasteiger partial charge in [-0.15, -0.1) is 0 Å². The van der Waals surface area contributed by atoms with Crippen LogP contribution in [0.3, 0.4) is 0 Å². The molecule has 0 fully saturated rings. The number of aromatic amines is 1. The number of para-hydroxylation sites is 1. The number of carbonyl (C=O) groups excluding carboxylic acids is 1. The molecule has 3 aromatic carbocycles. The molecule has 1 aromatic heterocycles. The van der Waals surface area contributed by atoms with Crippen molar-refractivity contribution in [2.24, 2.45) is 0 Å². The Labute approximate surface area is 182 Å². The molecule has 0 aliphatic heterocycles. The molecule has 2 N–H and O–H groups in total. The van der Waals surface area contributed by atoms with E-state index in [0.29, 0.717) is 17.7 Å². The first kappa shape index (κ1) is 20.9. The monoisotopic (exact) mass is 432 g/mol. The predicted octanol–water partition coefficient (Wildman–Crippen LogP) is 4.27. The minimum atomic E-state index is -3.11. The Hall–Kier alpha value is -3.38. The minimum Gasteiger partial charge on any atom is -0.361 e. The van der Waals surface area contributed by atoms with Crippen molar-refractivity contribution < 1.29 is 13.2 Å². The second-order valence-corrected chi connectivity index (χ2v) is 9.87. The van der Waals surface area contributed by atoms with Crippen LogP contribution < -0.4 is 5.32 Å². The van der Waals surface area contributed by atoms with E-state index in [1.807, 2.05) is 42.6 Å². The fourth-order valence-corrected chi connectivity index (χ4v) is 4.62. The number of hydrogen-bond acceptors (Lipinski definition) is 3. The van der Waals surface area contributed by atoms with E-state index in [-0.39, 0.29) is 17.6 Å². The van der Waals surface area contributed by atoms with E-state index >= 15 is 0 Å². The van der Waals surface area contributed by atoms with Gasteiger partial charge in [0.15, 0.2) is 9.84 Å². The number of carbonyl (C=O) groups is 1. The first-order valence-corrected chi connectivity index (χ1v) is 12.1. The second kappa shape index (κ2) is 8.78. The van der Waals surface area contributed by atoms with Gasteiger partial charge in [-0.3, -0.25) is 4.79 Å². The summed E-state index contributed by atoms with van der Waals surface area (Å²) in [7, 11) is -3.11. The van der Waals surface area contributed by atoms with Crippen LogP contribution in [0.2, 0.25) is 0 Å². The number of benzene rings is 3. The molecule has 1 unspecified atom stereocenters. The van der Waals surface area contributed by atoms with Gasteiger partial charge in [-0.2, -0.15) is 0 Å². The molecule has 0 bridgehead atoms. The van der Waals surface area contributed by atoms with Gasteiger partial charge in [0, 0.05) is 41.4 Å². The molecule has 1 heterocycles. The summed E-state index contributed by atoms with van der Waals surface area (Å²) in [6, 6.07) is 24.9. The lowest BCUT2D eigenvalue weighted by molar-refractivity contribution is 0.0952. The van der Waals surface area contributed by atoms with Crippen molar-refractivity contribution in [2.45, 2.75) is 11.7 Å². The van der Waals surface area contributed by atoms with Gasteiger partial charge in [0.25, 0.3) is 5.91 Å². The number of hydrogen-bond donors (Lipinski definition) is 2. The maximum atomic E-state index is 12.8. The van der Waals surface area contributed by atoms with E-state index in [4.69, 9.17) is 0 Å². The Bertz CT molecular complexity index is 1290. The van der Waals surface area contributed by atoms with E-state index in [9.17, 15) is 13.2 Å². The molecule has 0 saturated carbocycles. The third kappa shape index (κ3) is 5.03. The summed E-state index contributed by atoms with van der Waals surface area (Å²) in [6.45, 7) is 0.440. The lowest BCUT2D eigenvalue weighted by Gasteiger charge is -2.18. The Kier molecular flexibility index (Phi) is 5.91. The zero-order chi connectivity index (χ0) is 21.8. The van der Waals surface area contributed by atoms with Gasteiger partial charge in [-0.25, -0.2) is 8.42 Å². The molecule has 0 radical (unpaired) electrons. The Morgan fingerprint density at radius 2 is 1.61 bits per heavy atom. The average molecular weight is 433 g/mol. The van der Waals surface area contributed by atoms with Gasteiger partial charge < -0.3 is 10.3 Å². The summed E-state index contributed by atoms with van der Waals surface area (Å²) in [4.78, 5) is 16.1. The highest BCUT2D eigenvalue weighted by Gasteiger charge is 2.19. The van der Waals surface area contributed by atoms with Gasteiger partial charge >= 0.3 is 0 Å². The van der Waals surface area contributed by atoms with E-state index in [2.05, 4.69) is 28.5 Å². The predicted molar refractivity (Wildman–Crippen MR) is 124 cm³/mol. The molecule has 1 atom stereocenters. The standard InChI is InChI=1S/C25H24N2O3S/c1-31(29,30)17-18-11-13-20(14-12-18)25(28)27-15-22(19-7-3-2-4-8-19)23-16-26-24-10-6-5-9-21(23)24/h2-14,16,22,26H,15,17H2,1H3,(H,27,28). The van der Waals surface area contributed by atoms with E-state index < -0.39 is 9.84 Å². The average Bonchev–Trinajstić information content (AvgIpc) is 3.18. The summed E-state index contributed by atoms with van der Waals surface area (Å²) in [5.41, 5.74) is 4.48. The van der Waals surface area contributed by atoms with Crippen molar-refractivity contribution in [3.63, 3.8) is 0 Å². The van der Waals surface area contributed by atoms with Gasteiger partial charge in [-0.05, 0) is 34.9 Å². The third-order valence-electron chi connectivity index (χ3n) is 5.31. The molecule has 6 heteroatoms. The van der Waals surface area contributed by atoms with Crippen LogP contribution in [0.25, 0.3) is 10.9 Å². The first-order chi connectivity index (χ1) is 14.9. The Balaban J connectivity index is 1.55. The quantitative estimate of drug-likeness (QED) is 0.458. The van der Waals surface area contributed by atoms with E-state index in [0.717, 1.165) is 22.0 Å². The lowest BCUT2D eigenvalue weighted by atomic mass is 9.91. The maximum Gasteiger partial charge on any atom is 0.251 e. The molecule has 0 aliphatic rings. The molecule has 1 amide bonds. The van der Waals surface area contributed by atoms with Gasteiger partial charge in [0.2, 0.25) is 0 Å². The number of aromatic nitrogens is 1. The molecular formula is C25H24N2O3S. The smallest absolute Gasteiger partial charge is 0.251 e. The van der Waals surface area contributed by atoms with E-state index in [1.54, 1.807) is 24.3 Å². The summed E-state index contributed by atoms with van der Waals surface area (Å²) in [5.74, 6) is -0.233. The SMILES string of the molecule is CS(=O)(=O)Cc1ccc(C(=O)NCC(c2ccccc2)c2c[nH]c3ccccc23)cc1. The van der Waals surface area contributed by atoms with Crippen LogP contribution in [0.1, 0.15) is 33.0 Å². The van der Waals surface area contributed by atoms with Crippen LogP contribution in [-0.2, 0) is 15.6 Å². The van der Waals surface area contributed by atoms with Crippen LogP contribution >= 0.6 is 0 Å². The number of fused-ring (bicyclic) bond motifs is 1. The van der Waals surface area contributed by atoms with Crippen LogP contribution in [0, 0.1) is 0 Å². The number of nitrogens with one attached hydrogen (secondary N) is 2. The van der Waals surface area contributed by atoms with E-state index in [1.165, 1.54) is 6.26 Å². The fraction of sp³-hybridized carbons (Fsp3) is 0.160. The van der Waals surface area contributed by atoms with Crippen molar-refractivity contribution in [1.82, 2.24) is 10.3 Å². The molecule has 5 nitrogen and oxygen atoms in total. The zero-order valence-corrected chi connectivity index (χ0v) is 18.0. The lowest BCUT2D eigenvalue weighted by Crippen LogP contribution is -2.28. The highest BCUT2D eigenvalue weighted by molar-refractivity contribution is 7.89. The summed E-state index contributed by atoms with van der Waals surface area (Å²) < 4.78 is 22.9. The summed E-state index contributed by atoms with van der Waals surface area (Å²) >= 11 is 0. The van der Waals surface area contributed by atoms with Gasteiger partial charge in [0.1, 0.15) is 0 Å². The van der Waals surface area contributed by atoms with Gasteiger partial charge in [-0.1, -0.05) is 60.7 Å². The largest absolute Gasteiger partial charge is 0.361 e. The third-order valence-corrected chi connectivity index (χ3v) is 6.17. The van der Waals surface area contributed by atoms with Crippen molar-refractivity contribution in [3.8, 4) is 0 Å². The molecular weight excluding hydrogens is 408 g/mol. The Morgan fingerprint density at radius 3 is 2.32 bits per heavy atom. The highest BCUT2D eigenvalue weighted by atomic mass is 32.2. The molecule has 0 aliphatic carbocycles. The number of H-pyrrole nitrogens is 1. The van der Waals surface area contributed by atoms with Crippen molar-refractivity contribution >= 4 is 26.6 Å². The normalized spacial score (nSPS) is 12.5. The van der Waals surface area contributed by atoms with Crippen molar-refractivity contribution in [1.29, 1.82) is 0 Å². The fourth-order valence-electron chi connectivity index (χ4n) is 3.83. The molecule has 158 valence electrons. The zero-order valence-electron chi connectivity index (χ0n) is 17.2. The van der Waals surface area contributed by atoms with Crippen LogP contribution in [0.15, 0.2) is 85.1 Å². The van der Waals surface area contributed by atoms with Crippen molar-refractivity contribution in [3.05, 3.63) is 107 Å². The molecule has 31 heavy (non-hydrogen) atoms. The maximum absolute atomic E-state index is 12.8. The first-order valence-electron chi connectivity index (χ1n) is 10.1. The van der Waals surface area contributed by atoms with Crippen LogP contribution in [0.4, 0.5) is 0 Å². The van der Waals surface area contributed by atoms with Crippen molar-refractivity contribution in [2.75, 3.05) is 12.8 Å².